The van der Waals surface area contributed by atoms with Crippen molar-refractivity contribution in [1.82, 2.24) is 21.3 Å². The second kappa shape index (κ2) is 13.5. The number of guanidine groups is 1. The molecule has 2 amide bonds. The summed E-state index contributed by atoms with van der Waals surface area (Å²) in [6, 6.07) is 2.74. The third-order valence-corrected chi connectivity index (χ3v) is 4.39. The molecule has 6 N–H and O–H groups in total. The van der Waals surface area contributed by atoms with Gasteiger partial charge in [-0.25, -0.2) is 9.59 Å². The largest absolute Gasteiger partial charge is 0.507 e. The molecule has 1 heterocycles. The van der Waals surface area contributed by atoms with E-state index >= 15 is 0 Å². The number of aliphatic imine (C=N–C) groups is 1. The molecule has 0 fully saturated rings. The van der Waals surface area contributed by atoms with Crippen molar-refractivity contribution in [3.8, 4) is 11.5 Å². The number of phenolic OH excluding ortho intramolecular Hbond substituents is 1. The van der Waals surface area contributed by atoms with Crippen LogP contribution in [0.5, 0.6) is 11.5 Å². The normalized spacial score (nSPS) is 13.5. The number of hydrogen-bond donors (Lipinski definition) is 6. The first-order chi connectivity index (χ1) is 15.9. The van der Waals surface area contributed by atoms with E-state index in [9.17, 15) is 24.6 Å². The maximum Gasteiger partial charge on any atom is 0.407 e. The van der Waals surface area contributed by atoms with Gasteiger partial charge in [0.2, 0.25) is 0 Å². The summed E-state index contributed by atoms with van der Waals surface area (Å²) in [5.74, 6) is -1.32. The van der Waals surface area contributed by atoms with Crippen LogP contribution >= 0.6 is 0 Å². The fourth-order valence-electron chi connectivity index (χ4n) is 2.69. The first kappa shape index (κ1) is 25.3. The lowest BCUT2D eigenvalue weighted by molar-refractivity contribution is -0.139. The summed E-state index contributed by atoms with van der Waals surface area (Å²) in [6.07, 6.45) is 2.04. The highest BCUT2D eigenvalue weighted by Crippen LogP contribution is 2.23. The van der Waals surface area contributed by atoms with Gasteiger partial charge in [-0.1, -0.05) is 6.08 Å². The molecule has 12 heteroatoms. The average molecular weight is 463 g/mol. The number of phenols is 1. The number of ether oxygens (including phenoxy) is 2. The van der Waals surface area contributed by atoms with Crippen LogP contribution in [-0.4, -0.2) is 79.6 Å². The number of rotatable bonds is 12. The zero-order valence-corrected chi connectivity index (χ0v) is 18.1. The van der Waals surface area contributed by atoms with Crippen molar-refractivity contribution >= 4 is 23.9 Å². The molecule has 0 aliphatic carbocycles. The average Bonchev–Trinajstić information content (AvgIpc) is 2.80. The number of benzene rings is 1. The van der Waals surface area contributed by atoms with Crippen molar-refractivity contribution in [2.45, 2.75) is 18.9 Å². The Morgan fingerprint density at radius 3 is 2.79 bits per heavy atom. The number of carboxylic acid groups (broad SMARTS) is 1. The molecular weight excluding hydrogens is 434 g/mol. The first-order valence-corrected chi connectivity index (χ1v) is 10.4. The van der Waals surface area contributed by atoms with E-state index in [1.165, 1.54) is 18.2 Å². The lowest BCUT2D eigenvalue weighted by Crippen LogP contribution is -2.48. The first-order valence-electron chi connectivity index (χ1n) is 10.4. The van der Waals surface area contributed by atoms with Crippen LogP contribution in [0.4, 0.5) is 4.79 Å². The Balaban J connectivity index is 1.80. The molecular formula is C21H29N5O7. The molecule has 0 spiro atoms. The highest BCUT2D eigenvalue weighted by molar-refractivity contribution is 5.97. The van der Waals surface area contributed by atoms with Gasteiger partial charge in [-0.15, -0.1) is 6.58 Å². The summed E-state index contributed by atoms with van der Waals surface area (Å²) in [6.45, 7) is 5.57. The van der Waals surface area contributed by atoms with Gasteiger partial charge in [-0.2, -0.15) is 0 Å². The van der Waals surface area contributed by atoms with Crippen molar-refractivity contribution in [2.24, 2.45) is 4.99 Å². The molecule has 1 aromatic carbocycles. The molecule has 0 saturated carbocycles. The summed E-state index contributed by atoms with van der Waals surface area (Å²) >= 11 is 0. The lowest BCUT2D eigenvalue weighted by Gasteiger charge is -2.16. The van der Waals surface area contributed by atoms with E-state index in [0.717, 1.165) is 25.5 Å². The van der Waals surface area contributed by atoms with E-state index in [-0.39, 0.29) is 17.9 Å². The Labute approximate surface area is 191 Å². The van der Waals surface area contributed by atoms with Crippen LogP contribution in [0.2, 0.25) is 0 Å². The number of alkyl carbamates (subject to hydrolysis) is 1. The predicted molar refractivity (Wildman–Crippen MR) is 120 cm³/mol. The molecule has 1 aliphatic heterocycles. The Kier molecular flexibility index (Phi) is 10.3. The maximum absolute atomic E-state index is 12.3. The number of carboxylic acids is 1. The molecule has 1 atom stereocenters. The Morgan fingerprint density at radius 2 is 2.12 bits per heavy atom. The van der Waals surface area contributed by atoms with Gasteiger partial charge in [-0.3, -0.25) is 9.79 Å². The summed E-state index contributed by atoms with van der Waals surface area (Å²) in [5.41, 5.74) is -0.0704. The van der Waals surface area contributed by atoms with Crippen LogP contribution in [0.15, 0.2) is 35.8 Å². The van der Waals surface area contributed by atoms with Gasteiger partial charge in [0.25, 0.3) is 5.91 Å². The molecule has 180 valence electrons. The van der Waals surface area contributed by atoms with Crippen LogP contribution in [0.25, 0.3) is 0 Å². The van der Waals surface area contributed by atoms with Crippen molar-refractivity contribution in [1.29, 1.82) is 0 Å². The molecule has 0 saturated heterocycles. The molecule has 12 nitrogen and oxygen atoms in total. The quantitative estimate of drug-likeness (QED) is 0.187. The second-order valence-corrected chi connectivity index (χ2v) is 6.92. The fourth-order valence-corrected chi connectivity index (χ4v) is 2.69. The van der Waals surface area contributed by atoms with Gasteiger partial charge in [-0.05, 0) is 25.0 Å². The van der Waals surface area contributed by atoms with E-state index in [1.54, 1.807) is 6.08 Å². The number of amides is 2. The Hall–Kier alpha value is -3.96. The lowest BCUT2D eigenvalue weighted by atomic mass is 10.1. The maximum atomic E-state index is 12.3. The predicted octanol–water partition coefficient (Wildman–Crippen LogP) is 0.195. The molecule has 1 aromatic rings. The van der Waals surface area contributed by atoms with Crippen molar-refractivity contribution in [3.63, 3.8) is 0 Å². The van der Waals surface area contributed by atoms with Gasteiger partial charge in [0, 0.05) is 25.7 Å². The van der Waals surface area contributed by atoms with Crippen molar-refractivity contribution in [3.05, 3.63) is 36.4 Å². The summed E-state index contributed by atoms with van der Waals surface area (Å²) in [4.78, 5) is 39.6. The van der Waals surface area contributed by atoms with E-state index in [0.29, 0.717) is 25.3 Å². The molecule has 0 aromatic heterocycles. The molecule has 33 heavy (non-hydrogen) atoms. The minimum Gasteiger partial charge on any atom is -0.507 e. The smallest absolute Gasteiger partial charge is 0.407 e. The standard InChI is InChI=1S/C21H29N5O7/c1-2-3-10-33-21(31)26-16(19(29)30)13-25-18(28)15-6-5-14(12-17(15)27)32-11-9-24-20-22-7-4-8-23-20/h2,5-6,12,16,27H,1,3-4,7-11,13H2,(H,25,28)(H,26,31)(H,29,30)(H2,22,23,24)/t16-/m0/s1. The minimum absolute atomic E-state index is 0.0536. The summed E-state index contributed by atoms with van der Waals surface area (Å²) in [7, 11) is 0. The second-order valence-electron chi connectivity index (χ2n) is 6.92. The van der Waals surface area contributed by atoms with E-state index in [1.807, 2.05) is 0 Å². The van der Waals surface area contributed by atoms with Crippen LogP contribution in [0.1, 0.15) is 23.2 Å². The number of carbonyl (C=O) groups excluding carboxylic acids is 2. The van der Waals surface area contributed by atoms with Crippen LogP contribution in [0, 0.1) is 0 Å². The highest BCUT2D eigenvalue weighted by Gasteiger charge is 2.22. The number of aliphatic carboxylic acids is 1. The highest BCUT2D eigenvalue weighted by atomic mass is 16.5. The van der Waals surface area contributed by atoms with Crippen LogP contribution < -0.4 is 26.0 Å². The fraction of sp³-hybridized carbons (Fsp3) is 0.429. The number of nitrogens with zero attached hydrogens (tertiary/aromatic N) is 1. The molecule has 1 aliphatic rings. The minimum atomic E-state index is -1.41. The summed E-state index contributed by atoms with van der Waals surface area (Å²) < 4.78 is 10.3. The molecule has 0 unspecified atom stereocenters. The van der Waals surface area contributed by atoms with E-state index in [2.05, 4.69) is 32.8 Å². The van der Waals surface area contributed by atoms with Crippen LogP contribution in [-0.2, 0) is 9.53 Å². The monoisotopic (exact) mass is 463 g/mol. The van der Waals surface area contributed by atoms with Gasteiger partial charge >= 0.3 is 12.1 Å². The van der Waals surface area contributed by atoms with Crippen molar-refractivity contribution in [2.75, 3.05) is 39.4 Å². The van der Waals surface area contributed by atoms with Gasteiger partial charge in [0.05, 0.1) is 18.7 Å². The number of aromatic hydroxyl groups is 1. The van der Waals surface area contributed by atoms with Gasteiger partial charge in [0.1, 0.15) is 24.1 Å². The van der Waals surface area contributed by atoms with E-state index < -0.39 is 30.6 Å². The zero-order valence-electron chi connectivity index (χ0n) is 18.1. The van der Waals surface area contributed by atoms with Gasteiger partial charge in [0.15, 0.2) is 5.96 Å². The number of hydrogen-bond acceptors (Lipinski definition) is 9. The number of carbonyl (C=O) groups is 3. The Bertz CT molecular complexity index is 875. The summed E-state index contributed by atoms with van der Waals surface area (Å²) in [5, 5.41) is 30.1. The number of nitrogens with one attached hydrogen (secondary N) is 4. The van der Waals surface area contributed by atoms with E-state index in [4.69, 9.17) is 9.47 Å². The Morgan fingerprint density at radius 1 is 1.30 bits per heavy atom. The van der Waals surface area contributed by atoms with Gasteiger partial charge < -0.3 is 41.0 Å². The van der Waals surface area contributed by atoms with Crippen molar-refractivity contribution < 1.29 is 34.1 Å². The van der Waals surface area contributed by atoms with Crippen LogP contribution in [0.3, 0.4) is 0 Å². The SMILES string of the molecule is C=CCCOC(=O)N[C@@H](CNC(=O)c1ccc(OCCNC2=NCCCN2)cc1O)C(=O)O. The molecule has 0 radical (unpaired) electrons. The zero-order chi connectivity index (χ0) is 24.1. The third-order valence-electron chi connectivity index (χ3n) is 4.39. The third kappa shape index (κ3) is 8.97. The topological polar surface area (TPSA) is 171 Å². The molecule has 0 bridgehead atoms. The molecule has 2 rings (SSSR count).